The van der Waals surface area contributed by atoms with Gasteiger partial charge < -0.3 is 15.2 Å². The lowest BCUT2D eigenvalue weighted by atomic mass is 10.2. The van der Waals surface area contributed by atoms with Gasteiger partial charge in [-0.15, -0.1) is 0 Å². The molecule has 0 unspecified atom stereocenters. The Balaban J connectivity index is 2.11. The van der Waals surface area contributed by atoms with Crippen molar-refractivity contribution in [3.05, 3.63) is 51.8 Å². The van der Waals surface area contributed by atoms with Gasteiger partial charge in [0.1, 0.15) is 0 Å². The minimum atomic E-state index is -0.632. The number of hydrogen-bond acceptors (Lipinski definition) is 3. The fourth-order valence-electron chi connectivity index (χ4n) is 1.80. The maximum atomic E-state index is 13.3. The molecule has 0 spiro atoms. The van der Waals surface area contributed by atoms with Crippen molar-refractivity contribution < 1.29 is 14.2 Å². The Labute approximate surface area is 132 Å². The highest BCUT2D eigenvalue weighted by molar-refractivity contribution is 6.35. The molecule has 0 amide bonds. The van der Waals surface area contributed by atoms with E-state index in [1.165, 1.54) is 12.1 Å². The molecule has 2 aromatic rings. The van der Waals surface area contributed by atoms with E-state index >= 15 is 0 Å². The second-order valence-corrected chi connectivity index (χ2v) is 5.16. The third-order valence-corrected chi connectivity index (χ3v) is 3.35. The summed E-state index contributed by atoms with van der Waals surface area (Å²) in [6.07, 6.45) is 0. The van der Waals surface area contributed by atoms with E-state index in [0.29, 0.717) is 24.6 Å². The third-order valence-electron chi connectivity index (χ3n) is 2.80. The first-order valence-electron chi connectivity index (χ1n) is 6.34. The van der Waals surface area contributed by atoms with Crippen molar-refractivity contribution in [3.63, 3.8) is 0 Å². The van der Waals surface area contributed by atoms with Gasteiger partial charge in [0.2, 0.25) is 0 Å². The Morgan fingerprint density at radius 2 is 1.86 bits per heavy atom. The van der Waals surface area contributed by atoms with Gasteiger partial charge >= 0.3 is 0 Å². The molecule has 0 heterocycles. The highest BCUT2D eigenvalue weighted by Gasteiger charge is 2.08. The van der Waals surface area contributed by atoms with Crippen LogP contribution in [-0.4, -0.2) is 11.7 Å². The van der Waals surface area contributed by atoms with Crippen LogP contribution < -0.4 is 10.1 Å². The zero-order valence-corrected chi connectivity index (χ0v) is 12.8. The van der Waals surface area contributed by atoms with E-state index < -0.39 is 5.82 Å². The van der Waals surface area contributed by atoms with E-state index in [1.54, 1.807) is 18.2 Å². The van der Waals surface area contributed by atoms with Crippen LogP contribution in [0.15, 0.2) is 30.3 Å². The summed E-state index contributed by atoms with van der Waals surface area (Å²) >= 11 is 11.5. The lowest BCUT2D eigenvalue weighted by molar-refractivity contribution is 0.318. The van der Waals surface area contributed by atoms with Crippen LogP contribution in [0, 0.1) is 5.82 Å². The van der Waals surface area contributed by atoms with Crippen LogP contribution in [0.5, 0.6) is 11.5 Å². The topological polar surface area (TPSA) is 41.5 Å². The van der Waals surface area contributed by atoms with E-state index in [1.807, 2.05) is 6.92 Å². The summed E-state index contributed by atoms with van der Waals surface area (Å²) in [4.78, 5) is 0. The first kappa shape index (κ1) is 15.7. The highest BCUT2D eigenvalue weighted by Crippen LogP contribution is 2.29. The fraction of sp³-hybridized carbons (Fsp3) is 0.200. The molecule has 2 rings (SSSR count). The standard InChI is InChI=1S/C15H14Cl2FNO2/c1-2-21-14-5-9(3-4-13(14)20)8-19-10-6-11(16)15(18)12(17)7-10/h3-7,19-20H,2,8H2,1H3. The minimum Gasteiger partial charge on any atom is -0.504 e. The largest absolute Gasteiger partial charge is 0.504 e. The molecule has 0 fully saturated rings. The van der Waals surface area contributed by atoms with Crippen LogP contribution in [0.25, 0.3) is 0 Å². The lowest BCUT2D eigenvalue weighted by Crippen LogP contribution is -2.01. The number of rotatable bonds is 5. The van der Waals surface area contributed by atoms with Crippen molar-refractivity contribution in [1.82, 2.24) is 0 Å². The summed E-state index contributed by atoms with van der Waals surface area (Å²) in [7, 11) is 0. The molecule has 0 saturated carbocycles. The van der Waals surface area contributed by atoms with Gasteiger partial charge in [0.25, 0.3) is 0 Å². The number of phenols is 1. The van der Waals surface area contributed by atoms with Crippen LogP contribution in [0.4, 0.5) is 10.1 Å². The normalized spacial score (nSPS) is 10.5. The van der Waals surface area contributed by atoms with E-state index in [-0.39, 0.29) is 15.8 Å². The monoisotopic (exact) mass is 329 g/mol. The van der Waals surface area contributed by atoms with Crippen LogP contribution in [0.2, 0.25) is 10.0 Å². The van der Waals surface area contributed by atoms with Gasteiger partial charge in [-0.25, -0.2) is 4.39 Å². The van der Waals surface area contributed by atoms with E-state index in [0.717, 1.165) is 5.56 Å². The zero-order valence-electron chi connectivity index (χ0n) is 11.3. The molecule has 0 bridgehead atoms. The molecule has 6 heteroatoms. The second-order valence-electron chi connectivity index (χ2n) is 4.34. The summed E-state index contributed by atoms with van der Waals surface area (Å²) in [5, 5.41) is 12.6. The molecule has 0 saturated heterocycles. The maximum Gasteiger partial charge on any atom is 0.161 e. The molecule has 2 aromatic carbocycles. The molecule has 0 aliphatic rings. The maximum absolute atomic E-state index is 13.3. The van der Waals surface area contributed by atoms with Crippen LogP contribution >= 0.6 is 23.2 Å². The number of benzene rings is 2. The van der Waals surface area contributed by atoms with Gasteiger partial charge in [0, 0.05) is 12.2 Å². The van der Waals surface area contributed by atoms with Crippen LogP contribution in [-0.2, 0) is 6.54 Å². The molecule has 3 nitrogen and oxygen atoms in total. The van der Waals surface area contributed by atoms with E-state index in [2.05, 4.69) is 5.32 Å². The quantitative estimate of drug-likeness (QED) is 0.770. The molecule has 112 valence electrons. The van der Waals surface area contributed by atoms with E-state index in [4.69, 9.17) is 27.9 Å². The Morgan fingerprint density at radius 3 is 2.48 bits per heavy atom. The highest BCUT2D eigenvalue weighted by atomic mass is 35.5. The molecule has 0 radical (unpaired) electrons. The SMILES string of the molecule is CCOc1cc(CNc2cc(Cl)c(F)c(Cl)c2)ccc1O. The molecule has 2 N–H and O–H groups in total. The lowest BCUT2D eigenvalue weighted by Gasteiger charge is -2.11. The first-order valence-corrected chi connectivity index (χ1v) is 7.10. The Kier molecular flexibility index (Phi) is 5.15. The molecule has 0 atom stereocenters. The zero-order chi connectivity index (χ0) is 15.4. The van der Waals surface area contributed by atoms with Crippen molar-refractivity contribution in [1.29, 1.82) is 0 Å². The number of aromatic hydroxyl groups is 1. The molecule has 21 heavy (non-hydrogen) atoms. The summed E-state index contributed by atoms with van der Waals surface area (Å²) in [6.45, 7) is 2.76. The number of hydrogen-bond donors (Lipinski definition) is 2. The number of anilines is 1. The first-order chi connectivity index (χ1) is 10.0. The van der Waals surface area contributed by atoms with Gasteiger partial charge in [0.15, 0.2) is 17.3 Å². The van der Waals surface area contributed by atoms with Crippen molar-refractivity contribution in [2.75, 3.05) is 11.9 Å². The molecular formula is C15H14Cl2FNO2. The van der Waals surface area contributed by atoms with Gasteiger partial charge in [-0.1, -0.05) is 29.3 Å². The average molecular weight is 330 g/mol. The number of ether oxygens (including phenoxy) is 1. The van der Waals surface area contributed by atoms with Crippen LogP contribution in [0.1, 0.15) is 12.5 Å². The van der Waals surface area contributed by atoms with Crippen LogP contribution in [0.3, 0.4) is 0 Å². The van der Waals surface area contributed by atoms with Gasteiger partial charge in [-0.05, 0) is 36.8 Å². The summed E-state index contributed by atoms with van der Waals surface area (Å²) in [6, 6.07) is 7.99. The van der Waals surface area contributed by atoms with E-state index in [9.17, 15) is 9.50 Å². The Bertz CT molecular complexity index is 627. The fourth-order valence-corrected chi connectivity index (χ4v) is 2.29. The van der Waals surface area contributed by atoms with Gasteiger partial charge in [0.05, 0.1) is 16.7 Å². The minimum absolute atomic E-state index is 0.0364. The van der Waals surface area contributed by atoms with Crippen molar-refractivity contribution >= 4 is 28.9 Å². The molecular weight excluding hydrogens is 316 g/mol. The summed E-state index contributed by atoms with van der Waals surface area (Å²) in [5.74, 6) is -0.118. The molecule has 0 aromatic heterocycles. The van der Waals surface area contributed by atoms with Gasteiger partial charge in [-0.2, -0.15) is 0 Å². The second kappa shape index (κ2) is 6.87. The number of phenolic OH excluding ortho intramolecular Hbond substituents is 1. The average Bonchev–Trinajstić information content (AvgIpc) is 2.45. The summed E-state index contributed by atoms with van der Waals surface area (Å²) in [5.41, 5.74) is 1.50. The summed E-state index contributed by atoms with van der Waals surface area (Å²) < 4.78 is 18.6. The smallest absolute Gasteiger partial charge is 0.161 e. The van der Waals surface area contributed by atoms with Crippen molar-refractivity contribution in [3.8, 4) is 11.5 Å². The Morgan fingerprint density at radius 1 is 1.19 bits per heavy atom. The molecule has 0 aliphatic heterocycles. The predicted molar refractivity (Wildman–Crippen MR) is 83.0 cm³/mol. The van der Waals surface area contributed by atoms with Crippen molar-refractivity contribution in [2.45, 2.75) is 13.5 Å². The third kappa shape index (κ3) is 3.93. The predicted octanol–water partition coefficient (Wildman–Crippen LogP) is 4.85. The van der Waals surface area contributed by atoms with Crippen molar-refractivity contribution in [2.24, 2.45) is 0 Å². The number of nitrogens with one attached hydrogen (secondary N) is 1. The molecule has 0 aliphatic carbocycles. The van der Waals surface area contributed by atoms with Gasteiger partial charge in [-0.3, -0.25) is 0 Å². The number of halogens is 3. The Hall–Kier alpha value is -1.65.